The Hall–Kier alpha value is -3.32. The molecule has 1 aliphatic heterocycles. The molecule has 0 spiro atoms. The van der Waals surface area contributed by atoms with Gasteiger partial charge >= 0.3 is 0 Å². The lowest BCUT2D eigenvalue weighted by molar-refractivity contribution is -0.135. The monoisotopic (exact) mass is 423 g/mol. The number of piperidine rings is 1. The second-order valence-electron chi connectivity index (χ2n) is 7.22. The molecule has 4 rings (SSSR count). The molecule has 0 radical (unpaired) electrons. The van der Waals surface area contributed by atoms with Crippen LogP contribution < -0.4 is 10.9 Å². The Labute approximate surface area is 176 Å². The Balaban J connectivity index is 1.80. The Bertz CT molecular complexity index is 1260. The maximum Gasteiger partial charge on any atom is 0.262 e. The molecule has 8 heteroatoms. The van der Waals surface area contributed by atoms with E-state index in [0.717, 1.165) is 0 Å². The van der Waals surface area contributed by atoms with Gasteiger partial charge in [-0.25, -0.2) is 4.98 Å². The van der Waals surface area contributed by atoms with E-state index in [1.54, 1.807) is 49.4 Å². The highest BCUT2D eigenvalue weighted by Crippen LogP contribution is 2.22. The van der Waals surface area contributed by atoms with E-state index in [1.165, 1.54) is 4.57 Å². The SMILES string of the molecule is Cc1nc2cccc(CC(=O)c3cccc(Cl)c3)c2c(=O)n1C1CCC(=O)NC1=O. The van der Waals surface area contributed by atoms with Crippen molar-refractivity contribution >= 4 is 40.1 Å². The van der Waals surface area contributed by atoms with Gasteiger partial charge in [0.15, 0.2) is 5.78 Å². The highest BCUT2D eigenvalue weighted by molar-refractivity contribution is 6.31. The van der Waals surface area contributed by atoms with Crippen molar-refractivity contribution in [2.45, 2.75) is 32.2 Å². The smallest absolute Gasteiger partial charge is 0.262 e. The molecule has 7 nitrogen and oxygen atoms in total. The minimum absolute atomic E-state index is 0.00693. The van der Waals surface area contributed by atoms with Gasteiger partial charge in [-0.1, -0.05) is 35.9 Å². The Kier molecular flexibility index (Phi) is 5.22. The quantitative estimate of drug-likeness (QED) is 0.514. The number of rotatable bonds is 4. The molecule has 1 saturated heterocycles. The van der Waals surface area contributed by atoms with Crippen LogP contribution in [0.3, 0.4) is 0 Å². The van der Waals surface area contributed by atoms with Crippen LogP contribution in [0.1, 0.15) is 40.6 Å². The van der Waals surface area contributed by atoms with Gasteiger partial charge in [-0.3, -0.25) is 29.1 Å². The average molecular weight is 424 g/mol. The van der Waals surface area contributed by atoms with Crippen molar-refractivity contribution in [1.29, 1.82) is 0 Å². The Morgan fingerprint density at radius 1 is 1.20 bits per heavy atom. The Morgan fingerprint density at radius 2 is 1.97 bits per heavy atom. The zero-order chi connectivity index (χ0) is 21.4. The van der Waals surface area contributed by atoms with Crippen LogP contribution in [0.25, 0.3) is 10.9 Å². The van der Waals surface area contributed by atoms with Crippen molar-refractivity contribution in [3.63, 3.8) is 0 Å². The van der Waals surface area contributed by atoms with E-state index in [9.17, 15) is 19.2 Å². The minimum Gasteiger partial charge on any atom is -0.295 e. The lowest BCUT2D eigenvalue weighted by atomic mass is 9.99. The molecule has 2 heterocycles. The third-order valence-corrected chi connectivity index (χ3v) is 5.45. The summed E-state index contributed by atoms with van der Waals surface area (Å²) in [5.74, 6) is -0.688. The number of aryl methyl sites for hydroxylation is 1. The van der Waals surface area contributed by atoms with Crippen molar-refractivity contribution in [2.24, 2.45) is 0 Å². The molecule has 1 atom stereocenters. The van der Waals surface area contributed by atoms with Crippen LogP contribution in [0.4, 0.5) is 0 Å². The molecule has 2 amide bonds. The molecule has 152 valence electrons. The van der Waals surface area contributed by atoms with Crippen LogP contribution >= 0.6 is 11.6 Å². The van der Waals surface area contributed by atoms with Crippen LogP contribution in [0.15, 0.2) is 47.3 Å². The predicted octanol–water partition coefficient (Wildman–Crippen LogP) is 2.76. The molecule has 2 aromatic carbocycles. The summed E-state index contributed by atoms with van der Waals surface area (Å²) in [4.78, 5) is 54.5. The van der Waals surface area contributed by atoms with E-state index in [4.69, 9.17) is 11.6 Å². The number of carbonyl (C=O) groups excluding carboxylic acids is 3. The number of hydrogen-bond donors (Lipinski definition) is 1. The van der Waals surface area contributed by atoms with Crippen LogP contribution in [0, 0.1) is 6.92 Å². The second-order valence-corrected chi connectivity index (χ2v) is 7.66. The molecule has 1 N–H and O–H groups in total. The molecule has 0 aliphatic carbocycles. The Morgan fingerprint density at radius 3 is 2.70 bits per heavy atom. The number of benzene rings is 2. The number of nitrogens with one attached hydrogen (secondary N) is 1. The first kappa shape index (κ1) is 20.0. The van der Waals surface area contributed by atoms with Gasteiger partial charge in [-0.05, 0) is 37.1 Å². The lowest BCUT2D eigenvalue weighted by Gasteiger charge is -2.24. The summed E-state index contributed by atoms with van der Waals surface area (Å²) in [7, 11) is 0. The fraction of sp³-hybridized carbons (Fsp3) is 0.227. The summed E-state index contributed by atoms with van der Waals surface area (Å²) in [5, 5.41) is 3.02. The topological polar surface area (TPSA) is 98.1 Å². The summed E-state index contributed by atoms with van der Waals surface area (Å²) < 4.78 is 1.32. The summed E-state index contributed by atoms with van der Waals surface area (Å²) in [6.07, 6.45) is 0.366. The fourth-order valence-electron chi connectivity index (χ4n) is 3.80. The number of Topliss-reactive ketones (excluding diaryl/α,β-unsaturated/α-hetero) is 1. The zero-order valence-electron chi connectivity index (χ0n) is 16.1. The van der Waals surface area contributed by atoms with Crippen LogP contribution in [0.5, 0.6) is 0 Å². The number of imide groups is 1. The zero-order valence-corrected chi connectivity index (χ0v) is 16.9. The van der Waals surface area contributed by atoms with Gasteiger partial charge < -0.3 is 0 Å². The van der Waals surface area contributed by atoms with Crippen molar-refractivity contribution in [3.05, 3.63) is 74.8 Å². The third-order valence-electron chi connectivity index (χ3n) is 5.21. The molecular weight excluding hydrogens is 406 g/mol. The lowest BCUT2D eigenvalue weighted by Crippen LogP contribution is -2.45. The summed E-state index contributed by atoms with van der Waals surface area (Å²) in [6.45, 7) is 1.65. The van der Waals surface area contributed by atoms with Gasteiger partial charge in [0.1, 0.15) is 11.9 Å². The van der Waals surface area contributed by atoms with Gasteiger partial charge in [0.25, 0.3) is 5.56 Å². The van der Waals surface area contributed by atoms with E-state index >= 15 is 0 Å². The number of halogens is 1. The molecule has 0 bridgehead atoms. The van der Waals surface area contributed by atoms with E-state index in [0.29, 0.717) is 32.9 Å². The first-order valence-corrected chi connectivity index (χ1v) is 9.86. The number of ketones is 1. The standard InChI is InChI=1S/C22H18ClN3O4/c1-12-24-16-7-3-5-14(11-18(27)13-4-2-6-15(23)10-13)20(16)22(30)26(12)17-8-9-19(28)25-21(17)29/h2-7,10,17H,8-9,11H2,1H3,(H,25,28,29). The number of hydrogen-bond acceptors (Lipinski definition) is 5. The van der Waals surface area contributed by atoms with Crippen molar-refractivity contribution in [2.75, 3.05) is 0 Å². The number of amides is 2. The van der Waals surface area contributed by atoms with Crippen LogP contribution in [-0.4, -0.2) is 27.1 Å². The third kappa shape index (κ3) is 3.64. The van der Waals surface area contributed by atoms with E-state index in [-0.39, 0.29) is 31.0 Å². The summed E-state index contributed by atoms with van der Waals surface area (Å²) in [5.41, 5.74) is 1.03. The molecular formula is C22H18ClN3O4. The molecule has 1 unspecified atom stereocenters. The van der Waals surface area contributed by atoms with Gasteiger partial charge in [0.05, 0.1) is 10.9 Å². The van der Waals surface area contributed by atoms with Gasteiger partial charge in [0, 0.05) is 23.4 Å². The second kappa shape index (κ2) is 7.84. The normalized spacial score (nSPS) is 16.5. The largest absolute Gasteiger partial charge is 0.295 e. The summed E-state index contributed by atoms with van der Waals surface area (Å²) >= 11 is 5.98. The molecule has 1 aromatic heterocycles. The molecule has 0 saturated carbocycles. The van der Waals surface area contributed by atoms with Crippen molar-refractivity contribution < 1.29 is 14.4 Å². The molecule has 3 aromatic rings. The molecule has 30 heavy (non-hydrogen) atoms. The number of fused-ring (bicyclic) bond motifs is 1. The van der Waals surface area contributed by atoms with Gasteiger partial charge in [0.2, 0.25) is 11.8 Å². The van der Waals surface area contributed by atoms with Crippen molar-refractivity contribution in [1.82, 2.24) is 14.9 Å². The van der Waals surface area contributed by atoms with Crippen LogP contribution in [-0.2, 0) is 16.0 Å². The fourth-order valence-corrected chi connectivity index (χ4v) is 3.99. The van der Waals surface area contributed by atoms with Crippen LogP contribution in [0.2, 0.25) is 5.02 Å². The van der Waals surface area contributed by atoms with Crippen molar-refractivity contribution in [3.8, 4) is 0 Å². The molecule has 1 aliphatic rings. The van der Waals surface area contributed by atoms with E-state index in [2.05, 4.69) is 10.3 Å². The average Bonchev–Trinajstić information content (AvgIpc) is 2.69. The van der Waals surface area contributed by atoms with Gasteiger partial charge in [-0.2, -0.15) is 0 Å². The number of carbonyl (C=O) groups is 3. The minimum atomic E-state index is -0.816. The number of aromatic nitrogens is 2. The first-order chi connectivity index (χ1) is 14.3. The van der Waals surface area contributed by atoms with E-state index < -0.39 is 17.5 Å². The molecule has 1 fully saturated rings. The summed E-state index contributed by atoms with van der Waals surface area (Å²) in [6, 6.07) is 11.0. The maximum absolute atomic E-state index is 13.4. The highest BCUT2D eigenvalue weighted by Gasteiger charge is 2.30. The predicted molar refractivity (Wildman–Crippen MR) is 112 cm³/mol. The van der Waals surface area contributed by atoms with Gasteiger partial charge in [-0.15, -0.1) is 0 Å². The first-order valence-electron chi connectivity index (χ1n) is 9.48. The highest BCUT2D eigenvalue weighted by atomic mass is 35.5. The maximum atomic E-state index is 13.4. The van der Waals surface area contributed by atoms with E-state index in [1.807, 2.05) is 0 Å². The number of nitrogens with zero attached hydrogens (tertiary/aromatic N) is 2.